The average molecular weight is 473 g/mol. The van der Waals surface area contributed by atoms with Gasteiger partial charge in [0.15, 0.2) is 0 Å². The van der Waals surface area contributed by atoms with Crippen molar-refractivity contribution in [1.29, 1.82) is 0 Å². The van der Waals surface area contributed by atoms with Crippen LogP contribution >= 0.6 is 11.6 Å². The van der Waals surface area contributed by atoms with Crippen LogP contribution in [0, 0.1) is 13.8 Å². The van der Waals surface area contributed by atoms with E-state index >= 15 is 0 Å². The maximum atomic E-state index is 13.5. The van der Waals surface area contributed by atoms with Crippen LogP contribution < -0.4 is 9.62 Å². The fraction of sp³-hybridized carbons (Fsp3) is 0.208. The summed E-state index contributed by atoms with van der Waals surface area (Å²) >= 11 is 6.25. The van der Waals surface area contributed by atoms with E-state index in [1.165, 1.54) is 12.1 Å². The quantitative estimate of drug-likeness (QED) is 0.504. The van der Waals surface area contributed by atoms with Gasteiger partial charge in [-0.05, 0) is 61.4 Å². The topological polar surface area (TPSA) is 75.7 Å². The third-order valence-corrected chi connectivity index (χ3v) is 7.11. The Kier molecular flexibility index (Phi) is 7.56. The van der Waals surface area contributed by atoms with Gasteiger partial charge >= 0.3 is 0 Å². The molecule has 0 aromatic heterocycles. The van der Waals surface area contributed by atoms with Crippen molar-refractivity contribution in [2.24, 2.45) is 0 Å². The van der Waals surface area contributed by atoms with Crippen LogP contribution in [0.15, 0.2) is 71.6 Å². The Morgan fingerprint density at radius 2 is 1.72 bits per heavy atom. The highest BCUT2D eigenvalue weighted by Gasteiger charge is 2.28. The standard InChI is InChI=1S/C24H25ClN2O4S/c1-17-10-12-21(13-11-17)32(29,30)27(23-9-5-8-22(25)18(23)2)15-24(28)26-20-7-4-6-19(14-20)16-31-3/h4-14H,15-16H2,1-3H3,(H,26,28). The molecule has 0 unspecified atom stereocenters. The number of methoxy groups -OCH3 is 1. The van der Waals surface area contributed by atoms with Gasteiger partial charge < -0.3 is 10.1 Å². The van der Waals surface area contributed by atoms with Crippen molar-refractivity contribution in [2.45, 2.75) is 25.3 Å². The molecule has 0 saturated heterocycles. The number of amides is 1. The van der Waals surface area contributed by atoms with E-state index in [1.807, 2.05) is 13.0 Å². The molecule has 0 atom stereocenters. The maximum Gasteiger partial charge on any atom is 0.264 e. The van der Waals surface area contributed by atoms with Gasteiger partial charge in [0.05, 0.1) is 17.2 Å². The molecule has 1 N–H and O–H groups in total. The van der Waals surface area contributed by atoms with Crippen LogP contribution in [0.3, 0.4) is 0 Å². The van der Waals surface area contributed by atoms with E-state index < -0.39 is 22.5 Å². The molecule has 0 bridgehead atoms. The molecule has 0 fully saturated rings. The summed E-state index contributed by atoms with van der Waals surface area (Å²) in [5, 5.41) is 3.19. The smallest absolute Gasteiger partial charge is 0.264 e. The highest BCUT2D eigenvalue weighted by molar-refractivity contribution is 7.92. The number of hydrogen-bond donors (Lipinski definition) is 1. The first-order valence-electron chi connectivity index (χ1n) is 9.94. The van der Waals surface area contributed by atoms with Gasteiger partial charge in [0.1, 0.15) is 6.54 Å². The number of aryl methyl sites for hydroxylation is 1. The van der Waals surface area contributed by atoms with Gasteiger partial charge in [-0.3, -0.25) is 9.10 Å². The predicted octanol–water partition coefficient (Wildman–Crippen LogP) is 4.94. The fourth-order valence-electron chi connectivity index (χ4n) is 3.24. The number of rotatable bonds is 8. The molecule has 0 aliphatic carbocycles. The zero-order valence-corrected chi connectivity index (χ0v) is 19.7. The fourth-order valence-corrected chi connectivity index (χ4v) is 4.89. The number of carbonyl (C=O) groups excluding carboxylic acids is 1. The molecular weight excluding hydrogens is 448 g/mol. The van der Waals surface area contributed by atoms with Crippen LogP contribution in [0.1, 0.15) is 16.7 Å². The Labute approximate surface area is 193 Å². The monoisotopic (exact) mass is 472 g/mol. The van der Waals surface area contributed by atoms with E-state index in [-0.39, 0.29) is 4.90 Å². The van der Waals surface area contributed by atoms with Gasteiger partial charge in [-0.2, -0.15) is 0 Å². The van der Waals surface area contributed by atoms with E-state index in [9.17, 15) is 13.2 Å². The Hall–Kier alpha value is -2.87. The second-order valence-corrected chi connectivity index (χ2v) is 9.66. The molecule has 3 rings (SSSR count). The van der Waals surface area contributed by atoms with Crippen LogP contribution in [0.4, 0.5) is 11.4 Å². The van der Waals surface area contributed by atoms with Gasteiger partial charge in [-0.15, -0.1) is 0 Å². The van der Waals surface area contributed by atoms with E-state index in [2.05, 4.69) is 5.32 Å². The zero-order valence-electron chi connectivity index (χ0n) is 18.1. The second-order valence-electron chi connectivity index (χ2n) is 7.39. The molecule has 32 heavy (non-hydrogen) atoms. The molecule has 0 saturated carbocycles. The number of halogens is 1. The van der Waals surface area contributed by atoms with E-state index in [1.54, 1.807) is 62.6 Å². The summed E-state index contributed by atoms with van der Waals surface area (Å²) in [6.07, 6.45) is 0. The zero-order chi connectivity index (χ0) is 23.3. The molecule has 3 aromatic carbocycles. The van der Waals surface area contributed by atoms with E-state index in [0.29, 0.717) is 28.6 Å². The van der Waals surface area contributed by atoms with Crippen LogP contribution in [-0.4, -0.2) is 28.0 Å². The average Bonchev–Trinajstić information content (AvgIpc) is 2.75. The lowest BCUT2D eigenvalue weighted by Crippen LogP contribution is -2.38. The Morgan fingerprint density at radius 3 is 2.41 bits per heavy atom. The van der Waals surface area contributed by atoms with Gasteiger partial charge in [0.2, 0.25) is 5.91 Å². The number of hydrogen-bond acceptors (Lipinski definition) is 4. The molecule has 3 aromatic rings. The molecule has 0 aliphatic rings. The molecule has 6 nitrogen and oxygen atoms in total. The highest BCUT2D eigenvalue weighted by Crippen LogP contribution is 2.31. The summed E-state index contributed by atoms with van der Waals surface area (Å²) in [5.74, 6) is -0.477. The number of anilines is 2. The lowest BCUT2D eigenvalue weighted by atomic mass is 10.2. The van der Waals surface area contributed by atoms with Gasteiger partial charge in [0.25, 0.3) is 10.0 Å². The SMILES string of the molecule is COCc1cccc(NC(=O)CN(c2cccc(Cl)c2C)S(=O)(=O)c2ccc(C)cc2)c1. The Bertz CT molecular complexity index is 1210. The van der Waals surface area contributed by atoms with Crippen molar-refractivity contribution >= 4 is 38.9 Å². The second kappa shape index (κ2) is 10.2. The molecule has 0 heterocycles. The van der Waals surface area contributed by atoms with E-state index in [4.69, 9.17) is 16.3 Å². The first-order valence-corrected chi connectivity index (χ1v) is 11.8. The number of carbonyl (C=O) groups is 1. The summed E-state index contributed by atoms with van der Waals surface area (Å²) in [4.78, 5) is 13.0. The number of sulfonamides is 1. The molecule has 0 aliphatic heterocycles. The van der Waals surface area contributed by atoms with E-state index in [0.717, 1.165) is 15.4 Å². The molecule has 1 amide bonds. The Balaban J connectivity index is 1.96. The largest absolute Gasteiger partial charge is 0.380 e. The van der Waals surface area contributed by atoms with Gasteiger partial charge in [0, 0.05) is 17.8 Å². The van der Waals surface area contributed by atoms with Crippen molar-refractivity contribution in [3.63, 3.8) is 0 Å². The molecule has 0 spiro atoms. The summed E-state index contributed by atoms with van der Waals surface area (Å²) in [7, 11) is -2.43. The minimum Gasteiger partial charge on any atom is -0.380 e. The lowest BCUT2D eigenvalue weighted by Gasteiger charge is -2.26. The van der Waals surface area contributed by atoms with Crippen LogP contribution in [0.2, 0.25) is 5.02 Å². The predicted molar refractivity (Wildman–Crippen MR) is 128 cm³/mol. The summed E-state index contributed by atoms with van der Waals surface area (Å²) in [6.45, 7) is 3.59. The number of benzene rings is 3. The summed E-state index contributed by atoms with van der Waals surface area (Å²) in [5.41, 5.74) is 3.30. The third kappa shape index (κ3) is 5.48. The molecule has 8 heteroatoms. The number of nitrogens with zero attached hydrogens (tertiary/aromatic N) is 1. The maximum absolute atomic E-state index is 13.5. The van der Waals surface area contributed by atoms with Crippen molar-refractivity contribution in [3.05, 3.63) is 88.4 Å². The van der Waals surface area contributed by atoms with Gasteiger partial charge in [-0.25, -0.2) is 8.42 Å². The van der Waals surface area contributed by atoms with Crippen LogP contribution in [0.5, 0.6) is 0 Å². The number of ether oxygens (including phenoxy) is 1. The molecule has 0 radical (unpaired) electrons. The minimum atomic E-state index is -4.02. The minimum absolute atomic E-state index is 0.0948. The third-order valence-electron chi connectivity index (χ3n) is 4.93. The van der Waals surface area contributed by atoms with Crippen molar-refractivity contribution < 1.29 is 17.9 Å². The Morgan fingerprint density at radius 1 is 1.03 bits per heavy atom. The van der Waals surface area contributed by atoms with Crippen molar-refractivity contribution in [3.8, 4) is 0 Å². The van der Waals surface area contributed by atoms with Crippen molar-refractivity contribution in [1.82, 2.24) is 0 Å². The van der Waals surface area contributed by atoms with Crippen LogP contribution in [0.25, 0.3) is 0 Å². The van der Waals surface area contributed by atoms with Crippen molar-refractivity contribution in [2.75, 3.05) is 23.3 Å². The highest BCUT2D eigenvalue weighted by atomic mass is 35.5. The normalized spacial score (nSPS) is 11.2. The molecular formula is C24H25ClN2O4S. The first kappa shape index (κ1) is 23.8. The van der Waals surface area contributed by atoms with Crippen LogP contribution in [-0.2, 0) is 26.2 Å². The first-order chi connectivity index (χ1) is 15.2. The van der Waals surface area contributed by atoms with Gasteiger partial charge in [-0.1, -0.05) is 47.5 Å². The number of nitrogens with one attached hydrogen (secondary N) is 1. The summed E-state index contributed by atoms with van der Waals surface area (Å²) in [6, 6.07) is 18.7. The molecule has 168 valence electrons. The summed E-state index contributed by atoms with van der Waals surface area (Å²) < 4.78 is 33.3. The lowest BCUT2D eigenvalue weighted by molar-refractivity contribution is -0.114.